The van der Waals surface area contributed by atoms with Gasteiger partial charge in [0.1, 0.15) is 0 Å². The number of benzene rings is 1. The Morgan fingerprint density at radius 2 is 1.77 bits per heavy atom. The van der Waals surface area contributed by atoms with Gasteiger partial charge in [0.05, 0.1) is 12.0 Å². The highest BCUT2D eigenvalue weighted by atomic mass is 35.5. The SMILES string of the molecule is CCC(CC)(NC(=O)Cc1c(C)nc(-c2ncccn2)[nH]c1=O)c1ccc(Cl)cc1. The van der Waals surface area contributed by atoms with Gasteiger partial charge in [-0.05, 0) is 43.5 Å². The van der Waals surface area contributed by atoms with E-state index in [-0.39, 0.29) is 23.7 Å². The van der Waals surface area contributed by atoms with Crippen LogP contribution in [0.2, 0.25) is 5.02 Å². The van der Waals surface area contributed by atoms with E-state index in [0.717, 1.165) is 5.56 Å². The van der Waals surface area contributed by atoms with Crippen molar-refractivity contribution >= 4 is 17.5 Å². The van der Waals surface area contributed by atoms with Crippen LogP contribution in [0.4, 0.5) is 0 Å². The van der Waals surface area contributed by atoms with Crippen molar-refractivity contribution in [2.45, 2.75) is 45.6 Å². The second-order valence-electron chi connectivity index (χ2n) is 7.07. The van der Waals surface area contributed by atoms with Gasteiger partial charge in [-0.1, -0.05) is 37.6 Å². The lowest BCUT2D eigenvalue weighted by molar-refractivity contribution is -0.122. The molecule has 8 heteroatoms. The van der Waals surface area contributed by atoms with Crippen LogP contribution >= 0.6 is 11.6 Å². The molecule has 2 N–H and O–H groups in total. The highest BCUT2D eigenvalue weighted by molar-refractivity contribution is 6.30. The molecule has 0 aliphatic heterocycles. The molecule has 3 rings (SSSR count). The summed E-state index contributed by atoms with van der Waals surface area (Å²) in [6.07, 6.45) is 4.48. The van der Waals surface area contributed by atoms with Crippen LogP contribution in [0.3, 0.4) is 0 Å². The highest BCUT2D eigenvalue weighted by Crippen LogP contribution is 2.30. The Morgan fingerprint density at radius 3 is 2.33 bits per heavy atom. The molecule has 0 saturated carbocycles. The lowest BCUT2D eigenvalue weighted by Gasteiger charge is -2.33. The highest BCUT2D eigenvalue weighted by Gasteiger charge is 2.30. The van der Waals surface area contributed by atoms with Gasteiger partial charge in [-0.3, -0.25) is 9.59 Å². The average Bonchev–Trinajstić information content (AvgIpc) is 2.76. The molecule has 2 aromatic heterocycles. The molecule has 0 aliphatic rings. The normalized spacial score (nSPS) is 11.3. The van der Waals surface area contributed by atoms with Gasteiger partial charge in [0, 0.05) is 28.7 Å². The fourth-order valence-electron chi connectivity index (χ4n) is 3.49. The number of aryl methyl sites for hydroxylation is 1. The zero-order chi connectivity index (χ0) is 21.7. The second kappa shape index (κ2) is 9.17. The third-order valence-corrected chi connectivity index (χ3v) is 5.57. The van der Waals surface area contributed by atoms with Crippen LogP contribution in [0.25, 0.3) is 11.6 Å². The first-order valence-electron chi connectivity index (χ1n) is 9.82. The van der Waals surface area contributed by atoms with Crippen molar-refractivity contribution in [3.8, 4) is 11.6 Å². The molecule has 2 heterocycles. The van der Waals surface area contributed by atoms with Crippen molar-refractivity contribution in [2.75, 3.05) is 0 Å². The average molecular weight is 426 g/mol. The monoisotopic (exact) mass is 425 g/mol. The standard InChI is InChI=1S/C22H24ClN5O2/c1-4-22(5-2,15-7-9-16(23)10-8-15)28-18(29)13-17-14(3)26-20(27-21(17)30)19-24-11-6-12-25-19/h6-12H,4-5,13H2,1-3H3,(H,28,29)(H,26,27,30). The number of rotatable bonds is 7. The molecule has 0 unspecified atom stereocenters. The van der Waals surface area contributed by atoms with E-state index in [4.69, 9.17) is 11.6 Å². The molecule has 0 fully saturated rings. The zero-order valence-electron chi connectivity index (χ0n) is 17.2. The Kier molecular flexibility index (Phi) is 6.62. The number of hydrogen-bond acceptors (Lipinski definition) is 5. The van der Waals surface area contributed by atoms with Gasteiger partial charge in [-0.2, -0.15) is 0 Å². The van der Waals surface area contributed by atoms with Crippen LogP contribution in [-0.2, 0) is 16.8 Å². The molecule has 156 valence electrons. The Morgan fingerprint density at radius 1 is 1.13 bits per heavy atom. The number of aromatic amines is 1. The largest absolute Gasteiger partial charge is 0.346 e. The summed E-state index contributed by atoms with van der Waals surface area (Å²) >= 11 is 6.01. The van der Waals surface area contributed by atoms with Crippen molar-refractivity contribution in [1.29, 1.82) is 0 Å². The number of carbonyl (C=O) groups is 1. The van der Waals surface area contributed by atoms with E-state index < -0.39 is 5.54 Å². The third kappa shape index (κ3) is 4.57. The van der Waals surface area contributed by atoms with Crippen molar-refractivity contribution in [2.24, 2.45) is 0 Å². The molecule has 30 heavy (non-hydrogen) atoms. The lowest BCUT2D eigenvalue weighted by atomic mass is 9.84. The maximum Gasteiger partial charge on any atom is 0.255 e. The Labute approximate surface area is 180 Å². The third-order valence-electron chi connectivity index (χ3n) is 5.32. The van der Waals surface area contributed by atoms with Gasteiger partial charge in [0.25, 0.3) is 5.56 Å². The van der Waals surface area contributed by atoms with Crippen LogP contribution in [0, 0.1) is 6.92 Å². The van der Waals surface area contributed by atoms with Crippen LogP contribution in [-0.4, -0.2) is 25.8 Å². The van der Waals surface area contributed by atoms with E-state index in [0.29, 0.717) is 34.9 Å². The number of nitrogens with zero attached hydrogens (tertiary/aromatic N) is 3. The quantitative estimate of drug-likeness (QED) is 0.602. The minimum atomic E-state index is -0.534. The van der Waals surface area contributed by atoms with Crippen molar-refractivity contribution in [1.82, 2.24) is 25.3 Å². The number of aromatic nitrogens is 4. The summed E-state index contributed by atoms with van der Waals surface area (Å²) in [5.41, 5.74) is 0.870. The maximum absolute atomic E-state index is 12.9. The topological polar surface area (TPSA) is 101 Å². The molecule has 3 aromatic rings. The number of nitrogens with one attached hydrogen (secondary N) is 2. The van der Waals surface area contributed by atoms with Crippen LogP contribution in [0.15, 0.2) is 47.5 Å². The summed E-state index contributed by atoms with van der Waals surface area (Å²) in [6.45, 7) is 5.75. The molecule has 0 spiro atoms. The molecule has 1 amide bonds. The summed E-state index contributed by atoms with van der Waals surface area (Å²) in [7, 11) is 0. The molecular formula is C22H24ClN5O2. The Balaban J connectivity index is 1.84. The van der Waals surface area contributed by atoms with Gasteiger partial charge in [0.15, 0.2) is 11.6 Å². The van der Waals surface area contributed by atoms with Crippen LogP contribution in [0.5, 0.6) is 0 Å². The van der Waals surface area contributed by atoms with E-state index in [1.807, 2.05) is 38.1 Å². The molecular weight excluding hydrogens is 402 g/mol. The summed E-state index contributed by atoms with van der Waals surface area (Å²) in [6, 6.07) is 9.15. The zero-order valence-corrected chi connectivity index (χ0v) is 18.0. The summed E-state index contributed by atoms with van der Waals surface area (Å²) in [4.78, 5) is 40.8. The summed E-state index contributed by atoms with van der Waals surface area (Å²) < 4.78 is 0. The predicted octanol–water partition coefficient (Wildman–Crippen LogP) is 3.56. The fraction of sp³-hybridized carbons (Fsp3) is 0.318. The Hall–Kier alpha value is -3.06. The first kappa shape index (κ1) is 21.6. The first-order valence-corrected chi connectivity index (χ1v) is 10.2. The smallest absolute Gasteiger partial charge is 0.255 e. The lowest BCUT2D eigenvalue weighted by Crippen LogP contribution is -2.46. The molecule has 0 atom stereocenters. The number of amides is 1. The first-order chi connectivity index (χ1) is 14.4. The second-order valence-corrected chi connectivity index (χ2v) is 7.51. The molecule has 0 aliphatic carbocycles. The van der Waals surface area contributed by atoms with Gasteiger partial charge >= 0.3 is 0 Å². The summed E-state index contributed by atoms with van der Waals surface area (Å²) in [5.74, 6) is 0.361. The van der Waals surface area contributed by atoms with Crippen LogP contribution in [0.1, 0.15) is 43.5 Å². The minimum Gasteiger partial charge on any atom is -0.346 e. The minimum absolute atomic E-state index is 0.0700. The Bertz CT molecular complexity index is 1080. The fourth-order valence-corrected chi connectivity index (χ4v) is 3.62. The van der Waals surface area contributed by atoms with Crippen molar-refractivity contribution < 1.29 is 4.79 Å². The molecule has 1 aromatic carbocycles. The van der Waals surface area contributed by atoms with Crippen LogP contribution < -0.4 is 10.9 Å². The van der Waals surface area contributed by atoms with E-state index >= 15 is 0 Å². The van der Waals surface area contributed by atoms with E-state index in [2.05, 4.69) is 25.3 Å². The number of halogens is 1. The molecule has 0 bridgehead atoms. The maximum atomic E-state index is 12.9. The molecule has 7 nitrogen and oxygen atoms in total. The van der Waals surface area contributed by atoms with Crippen molar-refractivity contribution in [3.05, 3.63) is 74.9 Å². The van der Waals surface area contributed by atoms with Crippen molar-refractivity contribution in [3.63, 3.8) is 0 Å². The van der Waals surface area contributed by atoms with Gasteiger partial charge in [-0.25, -0.2) is 15.0 Å². The number of carbonyl (C=O) groups excluding carboxylic acids is 1. The number of H-pyrrole nitrogens is 1. The predicted molar refractivity (Wildman–Crippen MR) is 116 cm³/mol. The van der Waals surface area contributed by atoms with E-state index in [9.17, 15) is 9.59 Å². The van der Waals surface area contributed by atoms with E-state index in [1.54, 1.807) is 25.4 Å². The van der Waals surface area contributed by atoms with E-state index in [1.165, 1.54) is 0 Å². The van der Waals surface area contributed by atoms with Gasteiger partial charge in [-0.15, -0.1) is 0 Å². The molecule has 0 radical (unpaired) electrons. The number of hydrogen-bond donors (Lipinski definition) is 2. The van der Waals surface area contributed by atoms with Gasteiger partial charge in [0.2, 0.25) is 5.91 Å². The summed E-state index contributed by atoms with van der Waals surface area (Å²) in [5, 5.41) is 3.77. The van der Waals surface area contributed by atoms with Gasteiger partial charge < -0.3 is 10.3 Å². The molecule has 0 saturated heterocycles.